The summed E-state index contributed by atoms with van der Waals surface area (Å²) in [5, 5.41) is 2.83. The smallest absolute Gasteiger partial charge is 0.263 e. The number of sulfonamides is 1. The molecule has 30 heavy (non-hydrogen) atoms. The molecule has 1 aromatic carbocycles. The van der Waals surface area contributed by atoms with Crippen LogP contribution < -0.4 is 10.0 Å². The zero-order valence-electron chi connectivity index (χ0n) is 16.4. The van der Waals surface area contributed by atoms with Crippen LogP contribution in [0.25, 0.3) is 5.82 Å². The number of amidine groups is 1. The molecule has 1 aliphatic heterocycles. The van der Waals surface area contributed by atoms with E-state index in [1.807, 2.05) is 29.8 Å². The van der Waals surface area contributed by atoms with Gasteiger partial charge in [0.2, 0.25) is 5.91 Å². The van der Waals surface area contributed by atoms with Gasteiger partial charge in [-0.3, -0.25) is 19.1 Å². The van der Waals surface area contributed by atoms with E-state index < -0.39 is 16.1 Å². The summed E-state index contributed by atoms with van der Waals surface area (Å²) in [6, 6.07) is 9.45. The summed E-state index contributed by atoms with van der Waals surface area (Å²) in [7, 11) is -3.64. The van der Waals surface area contributed by atoms with Crippen molar-refractivity contribution in [3.63, 3.8) is 0 Å². The van der Waals surface area contributed by atoms with E-state index in [0.717, 1.165) is 11.4 Å². The van der Waals surface area contributed by atoms with E-state index in [4.69, 9.17) is 0 Å². The van der Waals surface area contributed by atoms with Crippen molar-refractivity contribution in [1.29, 1.82) is 0 Å². The van der Waals surface area contributed by atoms with Gasteiger partial charge >= 0.3 is 0 Å². The lowest BCUT2D eigenvalue weighted by Gasteiger charge is -2.11. The minimum Gasteiger partial charge on any atom is -0.350 e. The average molecular weight is 424 g/mol. The number of aryl methyl sites for hydroxylation is 1. The number of aromatic nitrogens is 3. The van der Waals surface area contributed by atoms with Crippen molar-refractivity contribution in [2.75, 3.05) is 0 Å². The maximum absolute atomic E-state index is 12.5. The Labute approximate surface area is 174 Å². The van der Waals surface area contributed by atoms with Crippen molar-refractivity contribution in [2.45, 2.75) is 31.3 Å². The standard InChI is InChI=1S/C20H20N6O3S/c1-13(24-19-16-5-3-4-6-17(16)30(28,29)25-19)20(27)23-12-15-7-8-22-18(11-15)26-10-9-21-14(26)2/h3-11,13H,12H2,1-2H3,(H,23,27)(H,24,25)/t13-/m1/s1. The van der Waals surface area contributed by atoms with Crippen LogP contribution in [0, 0.1) is 6.92 Å². The van der Waals surface area contributed by atoms with Gasteiger partial charge in [0, 0.05) is 30.7 Å². The van der Waals surface area contributed by atoms with Gasteiger partial charge in [0.05, 0.1) is 4.90 Å². The molecule has 9 nitrogen and oxygen atoms in total. The normalized spacial score (nSPS) is 16.7. The number of amides is 1. The fourth-order valence-corrected chi connectivity index (χ4v) is 4.38. The topological polar surface area (TPSA) is 118 Å². The summed E-state index contributed by atoms with van der Waals surface area (Å²) in [5.41, 5.74) is 1.33. The molecule has 2 aromatic heterocycles. The number of nitrogens with zero attached hydrogens (tertiary/aromatic N) is 4. The number of fused-ring (bicyclic) bond motifs is 1. The number of benzene rings is 1. The lowest BCUT2D eigenvalue weighted by atomic mass is 10.2. The minimum absolute atomic E-state index is 0.162. The Hall–Kier alpha value is -3.53. The van der Waals surface area contributed by atoms with Gasteiger partial charge in [0.15, 0.2) is 0 Å². The van der Waals surface area contributed by atoms with Crippen LogP contribution in [0.15, 0.2) is 64.9 Å². The highest BCUT2D eigenvalue weighted by Crippen LogP contribution is 2.22. The summed E-state index contributed by atoms with van der Waals surface area (Å²) in [4.78, 5) is 25.5. The third-order valence-electron chi connectivity index (χ3n) is 4.71. The first-order valence-corrected chi connectivity index (χ1v) is 10.8. The lowest BCUT2D eigenvalue weighted by molar-refractivity contribution is -0.122. The number of imidazole rings is 1. The van der Waals surface area contributed by atoms with E-state index in [9.17, 15) is 13.2 Å². The summed E-state index contributed by atoms with van der Waals surface area (Å²) >= 11 is 0. The van der Waals surface area contributed by atoms with Gasteiger partial charge in [-0.05, 0) is 43.7 Å². The Kier molecular flexibility index (Phi) is 5.08. The maximum Gasteiger partial charge on any atom is 0.263 e. The van der Waals surface area contributed by atoms with Crippen molar-refractivity contribution >= 4 is 21.8 Å². The fraction of sp³-hybridized carbons (Fsp3) is 0.200. The molecule has 0 aliphatic carbocycles. The Morgan fingerprint density at radius 2 is 2.03 bits per heavy atom. The molecular weight excluding hydrogens is 404 g/mol. The quantitative estimate of drug-likeness (QED) is 0.640. The highest BCUT2D eigenvalue weighted by Gasteiger charge is 2.31. The summed E-state index contributed by atoms with van der Waals surface area (Å²) in [5.74, 6) is 1.38. The first-order chi connectivity index (χ1) is 14.3. The van der Waals surface area contributed by atoms with Crippen molar-refractivity contribution in [3.8, 4) is 5.82 Å². The molecule has 3 aromatic rings. The highest BCUT2D eigenvalue weighted by atomic mass is 32.2. The van der Waals surface area contributed by atoms with Crippen LogP contribution in [-0.4, -0.2) is 40.7 Å². The third kappa shape index (κ3) is 3.81. The number of nitrogens with one attached hydrogen (secondary N) is 2. The van der Waals surface area contributed by atoms with Crippen LogP contribution in [0.1, 0.15) is 23.9 Å². The maximum atomic E-state index is 12.5. The Bertz CT molecular complexity index is 1250. The molecule has 2 N–H and O–H groups in total. The summed E-state index contributed by atoms with van der Waals surface area (Å²) in [6.07, 6.45) is 5.19. The number of hydrogen-bond donors (Lipinski definition) is 2. The number of hydrogen-bond acceptors (Lipinski definition) is 6. The first kappa shape index (κ1) is 19.8. The Balaban J connectivity index is 1.45. The third-order valence-corrected chi connectivity index (χ3v) is 6.11. The largest absolute Gasteiger partial charge is 0.350 e. The van der Waals surface area contributed by atoms with Gasteiger partial charge in [-0.1, -0.05) is 12.1 Å². The van der Waals surface area contributed by atoms with Gasteiger partial charge < -0.3 is 5.32 Å². The van der Waals surface area contributed by atoms with E-state index in [1.54, 1.807) is 37.5 Å². The number of aliphatic imine (C=N–C) groups is 1. The highest BCUT2D eigenvalue weighted by molar-refractivity contribution is 7.90. The minimum atomic E-state index is -3.64. The zero-order chi connectivity index (χ0) is 21.3. The molecule has 10 heteroatoms. The van der Waals surface area contributed by atoms with Crippen molar-refractivity contribution < 1.29 is 13.2 Å². The molecule has 1 atom stereocenters. The van der Waals surface area contributed by atoms with E-state index in [1.165, 1.54) is 6.07 Å². The average Bonchev–Trinajstić information content (AvgIpc) is 3.27. The number of rotatable bonds is 5. The van der Waals surface area contributed by atoms with Crippen LogP contribution >= 0.6 is 0 Å². The zero-order valence-corrected chi connectivity index (χ0v) is 17.2. The van der Waals surface area contributed by atoms with Gasteiger partial charge in [0.1, 0.15) is 23.5 Å². The summed E-state index contributed by atoms with van der Waals surface area (Å²) < 4.78 is 28.6. The SMILES string of the molecule is Cc1nccn1-c1cc(CNC(=O)[C@@H](C)N=C2NS(=O)(=O)c3ccccc32)ccn1. The molecule has 0 unspecified atom stereocenters. The molecule has 4 rings (SSSR count). The van der Waals surface area contributed by atoms with Crippen molar-refractivity contribution in [3.05, 3.63) is 71.9 Å². The molecule has 1 aliphatic rings. The van der Waals surface area contributed by atoms with Gasteiger partial charge in [0.25, 0.3) is 10.0 Å². The molecule has 154 valence electrons. The molecule has 1 amide bonds. The van der Waals surface area contributed by atoms with E-state index in [2.05, 4.69) is 25.0 Å². The molecule has 0 bridgehead atoms. The second-order valence-corrected chi connectivity index (χ2v) is 8.49. The van der Waals surface area contributed by atoms with Crippen LogP contribution in [0.2, 0.25) is 0 Å². The predicted molar refractivity (Wildman–Crippen MR) is 111 cm³/mol. The van der Waals surface area contributed by atoms with Crippen molar-refractivity contribution in [2.24, 2.45) is 4.99 Å². The number of pyridine rings is 1. The Morgan fingerprint density at radius 3 is 2.80 bits per heavy atom. The van der Waals surface area contributed by atoms with E-state index >= 15 is 0 Å². The van der Waals surface area contributed by atoms with Gasteiger partial charge in [-0.15, -0.1) is 0 Å². The van der Waals surface area contributed by atoms with Crippen LogP contribution in [0.5, 0.6) is 0 Å². The van der Waals surface area contributed by atoms with E-state index in [0.29, 0.717) is 17.9 Å². The molecule has 0 fully saturated rings. The predicted octanol–water partition coefficient (Wildman–Crippen LogP) is 1.32. The van der Waals surface area contributed by atoms with Crippen LogP contribution in [0.3, 0.4) is 0 Å². The van der Waals surface area contributed by atoms with Gasteiger partial charge in [-0.25, -0.2) is 18.4 Å². The summed E-state index contributed by atoms with van der Waals surface area (Å²) in [6.45, 7) is 3.79. The van der Waals surface area contributed by atoms with Crippen LogP contribution in [-0.2, 0) is 21.4 Å². The molecule has 0 saturated carbocycles. The molecule has 0 saturated heterocycles. The van der Waals surface area contributed by atoms with Crippen LogP contribution in [0.4, 0.5) is 0 Å². The second kappa shape index (κ2) is 7.71. The Morgan fingerprint density at radius 1 is 1.23 bits per heavy atom. The first-order valence-electron chi connectivity index (χ1n) is 9.28. The molecular formula is C20H20N6O3S. The van der Waals surface area contributed by atoms with Gasteiger partial charge in [-0.2, -0.15) is 0 Å². The van der Waals surface area contributed by atoms with E-state index in [-0.39, 0.29) is 16.6 Å². The van der Waals surface area contributed by atoms with Crippen molar-refractivity contribution in [1.82, 2.24) is 24.6 Å². The molecule has 0 radical (unpaired) electrons. The molecule has 0 spiro atoms. The monoisotopic (exact) mass is 424 g/mol. The number of carbonyl (C=O) groups is 1. The fourth-order valence-electron chi connectivity index (χ4n) is 3.14. The lowest BCUT2D eigenvalue weighted by Crippen LogP contribution is -2.33. The number of carbonyl (C=O) groups excluding carboxylic acids is 1. The second-order valence-electron chi connectivity index (χ2n) is 6.84. The molecule has 3 heterocycles.